The van der Waals surface area contributed by atoms with Crippen LogP contribution in [0.2, 0.25) is 0 Å². The van der Waals surface area contributed by atoms with E-state index in [1.54, 1.807) is 0 Å². The Bertz CT molecular complexity index is 568. The van der Waals surface area contributed by atoms with E-state index >= 15 is 0 Å². The molecule has 1 N–H and O–H groups in total. The molecule has 20 heavy (non-hydrogen) atoms. The zero-order chi connectivity index (χ0) is 14.5. The van der Waals surface area contributed by atoms with Gasteiger partial charge in [-0.3, -0.25) is 4.68 Å². The van der Waals surface area contributed by atoms with Crippen LogP contribution >= 0.6 is 38.5 Å². The number of benzene rings is 1. The van der Waals surface area contributed by atoms with Gasteiger partial charge in [0, 0.05) is 26.3 Å². The first-order valence-electron chi connectivity index (χ1n) is 6.86. The summed E-state index contributed by atoms with van der Waals surface area (Å²) < 4.78 is 4.35. The Kier molecular flexibility index (Phi) is 6.04. The van der Waals surface area contributed by atoms with E-state index in [0.717, 1.165) is 24.0 Å². The molecule has 1 aromatic heterocycles. The van der Waals surface area contributed by atoms with Crippen LogP contribution in [-0.4, -0.2) is 16.3 Å². The summed E-state index contributed by atoms with van der Waals surface area (Å²) in [4.78, 5) is 0. The van der Waals surface area contributed by atoms with Gasteiger partial charge in [0.1, 0.15) is 0 Å². The molecule has 108 valence electrons. The van der Waals surface area contributed by atoms with E-state index in [2.05, 4.69) is 87.2 Å². The molecule has 0 amide bonds. The molecule has 0 aliphatic carbocycles. The molecular formula is C15H19BrIN3. The highest BCUT2D eigenvalue weighted by atomic mass is 127. The summed E-state index contributed by atoms with van der Waals surface area (Å²) in [6.07, 6.45) is 5.20. The van der Waals surface area contributed by atoms with Crippen molar-refractivity contribution in [2.24, 2.45) is 0 Å². The smallest absolute Gasteiger partial charge is 0.0619 e. The summed E-state index contributed by atoms with van der Waals surface area (Å²) in [5.74, 6) is 0. The molecule has 2 aromatic rings. The normalized spacial score (nSPS) is 12.6. The van der Waals surface area contributed by atoms with Gasteiger partial charge in [-0.05, 0) is 66.2 Å². The van der Waals surface area contributed by atoms with E-state index in [1.807, 2.05) is 10.9 Å². The molecule has 0 saturated heterocycles. The molecule has 1 aromatic carbocycles. The van der Waals surface area contributed by atoms with Crippen molar-refractivity contribution in [3.05, 3.63) is 49.8 Å². The lowest BCUT2D eigenvalue weighted by atomic mass is 10.0. The van der Waals surface area contributed by atoms with Gasteiger partial charge in [-0.2, -0.15) is 5.10 Å². The minimum Gasteiger partial charge on any atom is -0.306 e. The molecule has 1 heterocycles. The minimum absolute atomic E-state index is 0.180. The first-order chi connectivity index (χ1) is 9.65. The van der Waals surface area contributed by atoms with Gasteiger partial charge in [-0.15, -0.1) is 0 Å². The summed E-state index contributed by atoms with van der Waals surface area (Å²) in [6.45, 7) is 6.17. The number of rotatable bonds is 6. The molecule has 1 atom stereocenters. The number of hydrogen-bond acceptors (Lipinski definition) is 2. The van der Waals surface area contributed by atoms with Crippen molar-refractivity contribution in [2.75, 3.05) is 6.54 Å². The zero-order valence-corrected chi connectivity index (χ0v) is 15.5. The highest BCUT2D eigenvalue weighted by Crippen LogP contribution is 2.30. The number of aromatic nitrogens is 2. The lowest BCUT2D eigenvalue weighted by Crippen LogP contribution is -2.23. The number of nitrogens with zero attached hydrogens (tertiary/aromatic N) is 2. The number of aryl methyl sites for hydroxylation is 1. The Morgan fingerprint density at radius 2 is 2.20 bits per heavy atom. The van der Waals surface area contributed by atoms with Crippen molar-refractivity contribution in [1.29, 1.82) is 0 Å². The van der Waals surface area contributed by atoms with Crippen LogP contribution in [0.1, 0.15) is 37.4 Å². The standard InChI is InChI=1S/C15H19BrIN3/c1-3-7-18-15(11-9-19-20(4-2)10-11)13-8-12(17)5-6-14(13)16/h5-6,8-10,15,18H,3-4,7H2,1-2H3. The maximum Gasteiger partial charge on any atom is 0.0619 e. The molecule has 0 radical (unpaired) electrons. The van der Waals surface area contributed by atoms with Crippen molar-refractivity contribution >= 4 is 38.5 Å². The van der Waals surface area contributed by atoms with E-state index in [1.165, 1.54) is 14.7 Å². The van der Waals surface area contributed by atoms with Gasteiger partial charge in [0.2, 0.25) is 0 Å². The third kappa shape index (κ3) is 3.83. The number of halogens is 2. The van der Waals surface area contributed by atoms with E-state index in [4.69, 9.17) is 0 Å². The first kappa shape index (κ1) is 16.0. The van der Waals surface area contributed by atoms with Gasteiger partial charge in [0.15, 0.2) is 0 Å². The van der Waals surface area contributed by atoms with Gasteiger partial charge < -0.3 is 5.32 Å². The minimum atomic E-state index is 0.180. The molecular weight excluding hydrogens is 429 g/mol. The van der Waals surface area contributed by atoms with Crippen molar-refractivity contribution in [2.45, 2.75) is 32.9 Å². The second-order valence-corrected chi connectivity index (χ2v) is 6.78. The molecule has 0 saturated carbocycles. The van der Waals surface area contributed by atoms with Crippen molar-refractivity contribution < 1.29 is 0 Å². The fourth-order valence-electron chi connectivity index (χ4n) is 2.13. The molecule has 0 bridgehead atoms. The van der Waals surface area contributed by atoms with Crippen LogP contribution in [-0.2, 0) is 6.54 Å². The summed E-state index contributed by atoms with van der Waals surface area (Å²) in [5, 5.41) is 8.02. The van der Waals surface area contributed by atoms with E-state index in [0.29, 0.717) is 0 Å². The molecule has 2 rings (SSSR count). The van der Waals surface area contributed by atoms with Gasteiger partial charge in [0.25, 0.3) is 0 Å². The largest absolute Gasteiger partial charge is 0.306 e. The highest BCUT2D eigenvalue weighted by molar-refractivity contribution is 14.1. The van der Waals surface area contributed by atoms with Crippen LogP contribution in [0.3, 0.4) is 0 Å². The van der Waals surface area contributed by atoms with Gasteiger partial charge in [0.05, 0.1) is 12.2 Å². The second-order valence-electron chi connectivity index (χ2n) is 4.68. The average molecular weight is 448 g/mol. The molecule has 0 spiro atoms. The van der Waals surface area contributed by atoms with Crippen LogP contribution in [0, 0.1) is 3.57 Å². The van der Waals surface area contributed by atoms with Crippen molar-refractivity contribution in [3.8, 4) is 0 Å². The fraction of sp³-hybridized carbons (Fsp3) is 0.400. The Morgan fingerprint density at radius 1 is 1.40 bits per heavy atom. The van der Waals surface area contributed by atoms with Crippen LogP contribution in [0.15, 0.2) is 35.1 Å². The summed E-state index contributed by atoms with van der Waals surface area (Å²) in [7, 11) is 0. The zero-order valence-electron chi connectivity index (χ0n) is 11.7. The number of hydrogen-bond donors (Lipinski definition) is 1. The Balaban J connectivity index is 2.38. The third-order valence-electron chi connectivity index (χ3n) is 3.18. The first-order valence-corrected chi connectivity index (χ1v) is 8.73. The Labute approximate surface area is 142 Å². The lowest BCUT2D eigenvalue weighted by Gasteiger charge is -2.19. The second kappa shape index (κ2) is 7.56. The molecule has 1 unspecified atom stereocenters. The number of nitrogens with one attached hydrogen (secondary N) is 1. The Hall–Kier alpha value is -0.400. The van der Waals surface area contributed by atoms with Crippen LogP contribution < -0.4 is 5.32 Å². The maximum absolute atomic E-state index is 4.40. The predicted octanol–water partition coefficient (Wildman–Crippen LogP) is 4.36. The highest BCUT2D eigenvalue weighted by Gasteiger charge is 2.18. The Morgan fingerprint density at radius 3 is 2.85 bits per heavy atom. The van der Waals surface area contributed by atoms with Crippen molar-refractivity contribution in [3.63, 3.8) is 0 Å². The molecule has 5 heteroatoms. The molecule has 0 aliphatic heterocycles. The van der Waals surface area contributed by atoms with Crippen LogP contribution in [0.5, 0.6) is 0 Å². The van der Waals surface area contributed by atoms with Gasteiger partial charge in [-0.25, -0.2) is 0 Å². The molecule has 0 fully saturated rings. The summed E-state index contributed by atoms with van der Waals surface area (Å²) in [5.41, 5.74) is 2.48. The molecule has 0 aliphatic rings. The third-order valence-corrected chi connectivity index (χ3v) is 4.57. The van der Waals surface area contributed by atoms with E-state index in [9.17, 15) is 0 Å². The maximum atomic E-state index is 4.40. The van der Waals surface area contributed by atoms with Crippen molar-refractivity contribution in [1.82, 2.24) is 15.1 Å². The van der Waals surface area contributed by atoms with Crippen LogP contribution in [0.25, 0.3) is 0 Å². The monoisotopic (exact) mass is 447 g/mol. The van der Waals surface area contributed by atoms with E-state index < -0.39 is 0 Å². The molecule has 3 nitrogen and oxygen atoms in total. The SMILES string of the molecule is CCCNC(c1cnn(CC)c1)c1cc(I)ccc1Br. The average Bonchev–Trinajstić information content (AvgIpc) is 2.92. The quantitative estimate of drug-likeness (QED) is 0.666. The summed E-state index contributed by atoms with van der Waals surface area (Å²) in [6, 6.07) is 6.63. The van der Waals surface area contributed by atoms with Crippen LogP contribution in [0.4, 0.5) is 0 Å². The fourth-order valence-corrected chi connectivity index (χ4v) is 3.12. The van der Waals surface area contributed by atoms with Gasteiger partial charge in [-0.1, -0.05) is 22.9 Å². The van der Waals surface area contributed by atoms with E-state index in [-0.39, 0.29) is 6.04 Å². The van der Waals surface area contributed by atoms with Gasteiger partial charge >= 0.3 is 0 Å². The lowest BCUT2D eigenvalue weighted by molar-refractivity contribution is 0.594. The topological polar surface area (TPSA) is 29.9 Å². The summed E-state index contributed by atoms with van der Waals surface area (Å²) >= 11 is 6.03. The predicted molar refractivity (Wildman–Crippen MR) is 94.9 cm³/mol.